The maximum absolute atomic E-state index is 14.0. The van der Waals surface area contributed by atoms with Gasteiger partial charge in [-0.25, -0.2) is 9.37 Å². The zero-order chi connectivity index (χ0) is 22.0. The zero-order valence-electron chi connectivity index (χ0n) is 17.9. The van der Waals surface area contributed by atoms with Crippen molar-refractivity contribution >= 4 is 33.1 Å². The maximum Gasteiger partial charge on any atom is 0.263 e. The Morgan fingerprint density at radius 3 is 2.71 bits per heavy atom. The van der Waals surface area contributed by atoms with E-state index in [1.54, 1.807) is 23.5 Å². The third-order valence-corrected chi connectivity index (χ3v) is 7.05. The van der Waals surface area contributed by atoms with E-state index in [0.717, 1.165) is 49.2 Å². The minimum absolute atomic E-state index is 0.104. The van der Waals surface area contributed by atoms with Gasteiger partial charge >= 0.3 is 0 Å². The first-order valence-electron chi connectivity index (χ1n) is 10.8. The number of rotatable bonds is 7. The van der Waals surface area contributed by atoms with Gasteiger partial charge in [0.05, 0.1) is 17.6 Å². The molecule has 0 saturated carbocycles. The number of fused-ring (bicyclic) bond motifs is 3. The van der Waals surface area contributed by atoms with E-state index >= 15 is 0 Å². The SMILES string of the molecule is CCN(CC)Cc1nc2sc3c(c2c(=O)n1CC(=O)Nc1ccccc1F)CCCC3. The summed E-state index contributed by atoms with van der Waals surface area (Å²) in [4.78, 5) is 35.3. The number of thiophene rings is 1. The summed E-state index contributed by atoms with van der Waals surface area (Å²) in [6.45, 7) is 6.02. The number of carbonyl (C=O) groups excluding carboxylic acids is 1. The van der Waals surface area contributed by atoms with Crippen molar-refractivity contribution in [2.45, 2.75) is 52.6 Å². The molecule has 2 aromatic heterocycles. The number of benzene rings is 1. The highest BCUT2D eigenvalue weighted by Gasteiger charge is 2.23. The van der Waals surface area contributed by atoms with Crippen LogP contribution in [0.3, 0.4) is 0 Å². The van der Waals surface area contributed by atoms with E-state index in [9.17, 15) is 14.0 Å². The average molecular weight is 443 g/mol. The van der Waals surface area contributed by atoms with E-state index in [4.69, 9.17) is 4.98 Å². The van der Waals surface area contributed by atoms with Gasteiger partial charge < -0.3 is 5.32 Å². The lowest BCUT2D eigenvalue weighted by atomic mass is 9.97. The maximum atomic E-state index is 14.0. The second-order valence-corrected chi connectivity index (χ2v) is 8.88. The molecule has 164 valence electrons. The highest BCUT2D eigenvalue weighted by atomic mass is 32.1. The number of carbonyl (C=O) groups is 1. The van der Waals surface area contributed by atoms with Crippen molar-refractivity contribution in [3.05, 3.63) is 56.7 Å². The largest absolute Gasteiger partial charge is 0.322 e. The first-order chi connectivity index (χ1) is 15.0. The lowest BCUT2D eigenvalue weighted by Gasteiger charge is -2.20. The van der Waals surface area contributed by atoms with E-state index in [-0.39, 0.29) is 17.8 Å². The van der Waals surface area contributed by atoms with E-state index in [0.29, 0.717) is 17.8 Å². The predicted molar refractivity (Wildman–Crippen MR) is 122 cm³/mol. The van der Waals surface area contributed by atoms with E-state index in [1.807, 2.05) is 0 Å². The molecule has 1 amide bonds. The molecule has 0 saturated heterocycles. The van der Waals surface area contributed by atoms with Gasteiger partial charge in [0.15, 0.2) is 0 Å². The monoisotopic (exact) mass is 442 g/mol. The Balaban J connectivity index is 1.75. The Morgan fingerprint density at radius 1 is 1.23 bits per heavy atom. The number of hydrogen-bond acceptors (Lipinski definition) is 5. The minimum Gasteiger partial charge on any atom is -0.322 e. The smallest absolute Gasteiger partial charge is 0.263 e. The molecule has 0 radical (unpaired) electrons. The molecular formula is C23H27FN4O2S. The summed E-state index contributed by atoms with van der Waals surface area (Å²) in [5.41, 5.74) is 1.03. The zero-order valence-corrected chi connectivity index (χ0v) is 18.7. The van der Waals surface area contributed by atoms with E-state index in [1.165, 1.54) is 21.6 Å². The number of amides is 1. The van der Waals surface area contributed by atoms with Crippen LogP contribution < -0.4 is 10.9 Å². The Bertz CT molecular complexity index is 1170. The first kappa shape index (κ1) is 21.6. The fraction of sp³-hybridized carbons (Fsp3) is 0.435. The second-order valence-electron chi connectivity index (χ2n) is 7.80. The molecule has 3 aromatic rings. The van der Waals surface area contributed by atoms with Gasteiger partial charge in [-0.1, -0.05) is 26.0 Å². The molecule has 0 unspecified atom stereocenters. The molecule has 31 heavy (non-hydrogen) atoms. The molecule has 0 fully saturated rings. The number of nitrogens with one attached hydrogen (secondary N) is 1. The van der Waals surface area contributed by atoms with Crippen LogP contribution in [0.25, 0.3) is 10.2 Å². The standard InChI is InChI=1S/C23H27FN4O2S/c1-3-27(4-2)13-19-26-22-21(15-9-5-8-12-18(15)31-22)23(30)28(19)14-20(29)25-17-11-7-6-10-16(17)24/h6-7,10-11H,3-5,8-9,12-14H2,1-2H3,(H,25,29). The number of halogens is 1. The van der Waals surface area contributed by atoms with Crippen molar-refractivity contribution in [3.8, 4) is 0 Å². The summed E-state index contributed by atoms with van der Waals surface area (Å²) in [7, 11) is 0. The Kier molecular flexibility index (Phi) is 6.48. The van der Waals surface area contributed by atoms with Gasteiger partial charge in [-0.15, -0.1) is 11.3 Å². The van der Waals surface area contributed by atoms with Crippen molar-refractivity contribution < 1.29 is 9.18 Å². The summed E-state index contributed by atoms with van der Waals surface area (Å²) in [6.07, 6.45) is 4.05. The van der Waals surface area contributed by atoms with Crippen molar-refractivity contribution in [2.24, 2.45) is 0 Å². The van der Waals surface area contributed by atoms with Gasteiger partial charge in [0.2, 0.25) is 5.91 Å². The van der Waals surface area contributed by atoms with Crippen LogP contribution in [0.15, 0.2) is 29.1 Å². The number of anilines is 1. The van der Waals surface area contributed by atoms with Crippen LogP contribution in [0.2, 0.25) is 0 Å². The Hall–Kier alpha value is -2.58. The van der Waals surface area contributed by atoms with Crippen LogP contribution >= 0.6 is 11.3 Å². The van der Waals surface area contributed by atoms with Gasteiger partial charge in [-0.05, 0) is 56.5 Å². The van der Waals surface area contributed by atoms with Gasteiger partial charge in [-0.2, -0.15) is 0 Å². The van der Waals surface area contributed by atoms with Crippen LogP contribution in [0, 0.1) is 5.82 Å². The highest BCUT2D eigenvalue weighted by Crippen LogP contribution is 2.33. The van der Waals surface area contributed by atoms with Crippen molar-refractivity contribution in [3.63, 3.8) is 0 Å². The van der Waals surface area contributed by atoms with Crippen LogP contribution in [0.4, 0.5) is 10.1 Å². The summed E-state index contributed by atoms with van der Waals surface area (Å²) in [6, 6.07) is 6.01. The summed E-state index contributed by atoms with van der Waals surface area (Å²) >= 11 is 1.61. The summed E-state index contributed by atoms with van der Waals surface area (Å²) in [5.74, 6) is -0.381. The first-order valence-corrected chi connectivity index (χ1v) is 11.6. The minimum atomic E-state index is -0.507. The molecule has 4 rings (SSSR count). The number of aryl methyl sites for hydroxylation is 2. The van der Waals surface area contributed by atoms with Crippen LogP contribution in [-0.2, 0) is 30.7 Å². The van der Waals surface area contributed by atoms with Gasteiger partial charge in [0.25, 0.3) is 5.56 Å². The third kappa shape index (κ3) is 4.41. The number of hydrogen-bond donors (Lipinski definition) is 1. The Morgan fingerprint density at radius 2 is 1.97 bits per heavy atom. The average Bonchev–Trinajstić information content (AvgIpc) is 3.14. The second kappa shape index (κ2) is 9.28. The van der Waals surface area contributed by atoms with Crippen molar-refractivity contribution in [1.29, 1.82) is 0 Å². The number of para-hydroxylation sites is 1. The topological polar surface area (TPSA) is 67.2 Å². The normalized spacial score (nSPS) is 13.5. The van der Waals surface area contributed by atoms with E-state index in [2.05, 4.69) is 24.1 Å². The van der Waals surface area contributed by atoms with Crippen LogP contribution in [-0.4, -0.2) is 33.4 Å². The molecule has 8 heteroatoms. The molecule has 1 N–H and O–H groups in total. The predicted octanol–water partition coefficient (Wildman–Crippen LogP) is 3.96. The molecule has 1 aromatic carbocycles. The number of nitrogens with zero attached hydrogens (tertiary/aromatic N) is 3. The van der Waals surface area contributed by atoms with Crippen molar-refractivity contribution in [1.82, 2.24) is 14.5 Å². The molecule has 0 spiro atoms. The number of aromatic nitrogens is 2. The Labute approximate surface area is 184 Å². The quantitative estimate of drug-likeness (QED) is 0.602. The lowest BCUT2D eigenvalue weighted by molar-refractivity contribution is -0.116. The third-order valence-electron chi connectivity index (χ3n) is 5.86. The lowest BCUT2D eigenvalue weighted by Crippen LogP contribution is -2.34. The van der Waals surface area contributed by atoms with Gasteiger partial charge in [-0.3, -0.25) is 19.1 Å². The molecule has 1 aliphatic rings. The van der Waals surface area contributed by atoms with Gasteiger partial charge in [0, 0.05) is 4.88 Å². The fourth-order valence-corrected chi connectivity index (χ4v) is 5.38. The molecule has 0 aliphatic heterocycles. The van der Waals surface area contributed by atoms with Crippen LogP contribution in [0.5, 0.6) is 0 Å². The molecule has 1 aliphatic carbocycles. The van der Waals surface area contributed by atoms with Crippen LogP contribution in [0.1, 0.15) is 43.0 Å². The molecule has 0 atom stereocenters. The summed E-state index contributed by atoms with van der Waals surface area (Å²) in [5, 5.41) is 3.24. The summed E-state index contributed by atoms with van der Waals surface area (Å²) < 4.78 is 15.4. The molecule has 2 heterocycles. The van der Waals surface area contributed by atoms with E-state index < -0.39 is 11.7 Å². The highest BCUT2D eigenvalue weighted by molar-refractivity contribution is 7.18. The van der Waals surface area contributed by atoms with Crippen molar-refractivity contribution in [2.75, 3.05) is 18.4 Å². The molecule has 0 bridgehead atoms. The molecular weight excluding hydrogens is 415 g/mol. The molecule has 6 nitrogen and oxygen atoms in total. The van der Waals surface area contributed by atoms with Gasteiger partial charge in [0.1, 0.15) is 23.0 Å². The fourth-order valence-electron chi connectivity index (χ4n) is 4.11.